The highest BCUT2D eigenvalue weighted by Crippen LogP contribution is 2.44. The molecule has 4 aromatic rings. The number of hydrogen-bond donors (Lipinski definition) is 1. The quantitative estimate of drug-likeness (QED) is 0.157. The summed E-state index contributed by atoms with van der Waals surface area (Å²) in [6.07, 6.45) is 3.59. The Kier molecular flexibility index (Phi) is 7.67. The topological polar surface area (TPSA) is 67.9 Å². The minimum absolute atomic E-state index is 0.150. The minimum Gasteiger partial charge on any atom is -0.468 e. The standard InChI is InChI=1S/C36H39BN2O4/c1-6-7-17-27-23(2)28-20-36(34(40)42-4,35(41)43-5)21-29(28)24(3)33(27)37-38-30-18-11-15-26-16-12-19-31(32(26)30)39(37)22-25-13-9-8-10-14-25/h8-16,18-19,38H,6-7,17,20-22H2,1-5H3. The van der Waals surface area contributed by atoms with Crippen molar-refractivity contribution in [2.24, 2.45) is 5.41 Å². The number of methoxy groups -OCH3 is 2. The highest BCUT2D eigenvalue weighted by atomic mass is 16.5. The third-order valence-corrected chi connectivity index (χ3v) is 9.61. The molecule has 2 aliphatic rings. The fourth-order valence-corrected chi connectivity index (χ4v) is 7.41. The van der Waals surface area contributed by atoms with E-state index in [0.29, 0.717) is 6.42 Å². The molecule has 1 aliphatic heterocycles. The maximum atomic E-state index is 13.2. The lowest BCUT2D eigenvalue weighted by Crippen LogP contribution is -2.58. The van der Waals surface area contributed by atoms with E-state index in [9.17, 15) is 9.59 Å². The van der Waals surface area contributed by atoms with E-state index in [4.69, 9.17) is 9.47 Å². The summed E-state index contributed by atoms with van der Waals surface area (Å²) < 4.78 is 10.4. The number of unbranched alkanes of at least 4 members (excludes halogenated alkanes) is 1. The summed E-state index contributed by atoms with van der Waals surface area (Å²) in [6.45, 7) is 7.12. The van der Waals surface area contributed by atoms with Crippen LogP contribution in [0.3, 0.4) is 0 Å². The van der Waals surface area contributed by atoms with Crippen LogP contribution in [0.4, 0.5) is 11.4 Å². The van der Waals surface area contributed by atoms with E-state index in [-0.39, 0.29) is 13.4 Å². The van der Waals surface area contributed by atoms with Gasteiger partial charge in [-0.05, 0) is 83.1 Å². The normalized spacial score (nSPS) is 14.8. The molecule has 43 heavy (non-hydrogen) atoms. The summed E-state index contributed by atoms with van der Waals surface area (Å²) in [4.78, 5) is 28.9. The predicted molar refractivity (Wildman–Crippen MR) is 174 cm³/mol. The van der Waals surface area contributed by atoms with E-state index in [2.05, 4.69) is 97.5 Å². The van der Waals surface area contributed by atoms with Crippen LogP contribution >= 0.6 is 0 Å². The molecule has 0 amide bonds. The summed E-state index contributed by atoms with van der Waals surface area (Å²) in [5.41, 5.74) is 9.12. The Morgan fingerprint density at radius 3 is 2.19 bits per heavy atom. The fraction of sp³-hybridized carbons (Fsp3) is 0.333. The molecule has 1 aliphatic carbocycles. The Bertz CT molecular complexity index is 1700. The van der Waals surface area contributed by atoms with Crippen molar-refractivity contribution in [2.75, 3.05) is 24.3 Å². The summed E-state index contributed by atoms with van der Waals surface area (Å²) >= 11 is 0. The van der Waals surface area contributed by atoms with Gasteiger partial charge in [-0.3, -0.25) is 9.59 Å². The fourth-order valence-electron chi connectivity index (χ4n) is 7.41. The Morgan fingerprint density at radius 2 is 1.53 bits per heavy atom. The first kappa shape index (κ1) is 28.8. The molecule has 0 saturated heterocycles. The Balaban J connectivity index is 1.58. The van der Waals surface area contributed by atoms with Crippen molar-refractivity contribution in [1.82, 2.24) is 0 Å². The smallest absolute Gasteiger partial charge is 0.409 e. The van der Waals surface area contributed by atoms with Gasteiger partial charge in [0.05, 0.1) is 14.2 Å². The molecule has 0 atom stereocenters. The van der Waals surface area contributed by atoms with Crippen LogP contribution in [0, 0.1) is 19.3 Å². The van der Waals surface area contributed by atoms with Crippen molar-refractivity contribution < 1.29 is 19.1 Å². The third kappa shape index (κ3) is 4.66. The van der Waals surface area contributed by atoms with Crippen LogP contribution in [-0.2, 0) is 44.9 Å². The van der Waals surface area contributed by atoms with E-state index in [1.165, 1.54) is 47.3 Å². The first-order valence-electron chi connectivity index (χ1n) is 15.2. The van der Waals surface area contributed by atoms with Crippen molar-refractivity contribution >= 4 is 46.5 Å². The maximum Gasteiger partial charge on any atom is 0.409 e. The highest BCUT2D eigenvalue weighted by molar-refractivity contribution is 6.81. The molecular weight excluding hydrogens is 535 g/mol. The molecule has 1 N–H and O–H groups in total. The number of fused-ring (bicyclic) bond motifs is 1. The van der Waals surface area contributed by atoms with Crippen LogP contribution in [0.25, 0.3) is 10.8 Å². The number of carbonyl (C=O) groups is 2. The number of benzene rings is 4. The first-order valence-corrected chi connectivity index (χ1v) is 15.2. The number of rotatable bonds is 8. The molecule has 1 heterocycles. The van der Waals surface area contributed by atoms with E-state index in [1.54, 1.807) is 0 Å². The molecule has 220 valence electrons. The summed E-state index contributed by atoms with van der Waals surface area (Å²) in [5.74, 6) is -1.07. The van der Waals surface area contributed by atoms with E-state index < -0.39 is 17.4 Å². The molecule has 7 heteroatoms. The molecular formula is C36H39BN2O4. The molecule has 0 radical (unpaired) electrons. The van der Waals surface area contributed by atoms with Gasteiger partial charge in [-0.1, -0.05) is 67.9 Å². The molecule has 4 aromatic carbocycles. The third-order valence-electron chi connectivity index (χ3n) is 9.61. The van der Waals surface area contributed by atoms with Crippen LogP contribution in [-0.4, -0.2) is 33.1 Å². The predicted octanol–water partition coefficient (Wildman–Crippen LogP) is 6.06. The van der Waals surface area contributed by atoms with Gasteiger partial charge in [0.2, 0.25) is 0 Å². The minimum atomic E-state index is -1.37. The van der Waals surface area contributed by atoms with Crippen LogP contribution in [0.5, 0.6) is 0 Å². The van der Waals surface area contributed by atoms with Gasteiger partial charge in [0.1, 0.15) is 0 Å². The molecule has 0 unspecified atom stereocenters. The van der Waals surface area contributed by atoms with E-state index >= 15 is 0 Å². The van der Waals surface area contributed by atoms with Gasteiger partial charge in [-0.25, -0.2) is 0 Å². The lowest BCUT2D eigenvalue weighted by molar-refractivity contribution is -0.168. The zero-order valence-electron chi connectivity index (χ0n) is 25.8. The van der Waals surface area contributed by atoms with E-state index in [1.807, 2.05) is 0 Å². The molecule has 0 bridgehead atoms. The van der Waals surface area contributed by atoms with Crippen molar-refractivity contribution in [3.05, 3.63) is 100 Å². The average Bonchev–Trinajstić information content (AvgIpc) is 3.46. The lowest BCUT2D eigenvalue weighted by Gasteiger charge is -2.40. The summed E-state index contributed by atoms with van der Waals surface area (Å²) in [7, 11) is 2.69. The molecule has 0 spiro atoms. The van der Waals surface area contributed by atoms with Crippen molar-refractivity contribution in [2.45, 2.75) is 59.4 Å². The Hall–Kier alpha value is -4.26. The zero-order chi connectivity index (χ0) is 30.3. The second kappa shape index (κ2) is 11.4. The molecule has 0 aromatic heterocycles. The number of ether oxygens (including phenoxy) is 2. The van der Waals surface area contributed by atoms with Crippen molar-refractivity contribution in [3.8, 4) is 0 Å². The lowest BCUT2D eigenvalue weighted by atomic mass is 9.58. The SMILES string of the molecule is CCCCc1c(C)c2c(c(C)c1B1Nc3cccc4cccc(c34)N1Cc1ccccc1)CC(C(=O)OC)(C(=O)OC)C2. The monoisotopic (exact) mass is 574 g/mol. The number of carbonyl (C=O) groups excluding carboxylic acids is 2. The van der Waals surface area contributed by atoms with Gasteiger partial charge in [-0.2, -0.15) is 0 Å². The van der Waals surface area contributed by atoms with Gasteiger partial charge in [0, 0.05) is 36.1 Å². The zero-order valence-corrected chi connectivity index (χ0v) is 25.8. The number of nitrogens with zero attached hydrogens (tertiary/aromatic N) is 1. The van der Waals surface area contributed by atoms with Crippen LogP contribution in [0.2, 0.25) is 0 Å². The molecule has 0 saturated carbocycles. The maximum absolute atomic E-state index is 13.2. The second-order valence-electron chi connectivity index (χ2n) is 12.0. The van der Waals surface area contributed by atoms with Gasteiger partial charge in [0.25, 0.3) is 0 Å². The van der Waals surface area contributed by atoms with Gasteiger partial charge < -0.3 is 19.5 Å². The van der Waals surface area contributed by atoms with Crippen LogP contribution in [0.1, 0.15) is 53.1 Å². The van der Waals surface area contributed by atoms with Crippen molar-refractivity contribution in [1.29, 1.82) is 0 Å². The van der Waals surface area contributed by atoms with Gasteiger partial charge in [0.15, 0.2) is 5.41 Å². The molecule has 6 nitrogen and oxygen atoms in total. The summed E-state index contributed by atoms with van der Waals surface area (Å²) in [6, 6.07) is 23.6. The first-order chi connectivity index (χ1) is 20.8. The average molecular weight is 575 g/mol. The highest BCUT2D eigenvalue weighted by Gasteiger charge is 2.54. The largest absolute Gasteiger partial charge is 0.468 e. The number of anilines is 2. The second-order valence-corrected chi connectivity index (χ2v) is 12.0. The molecule has 0 fully saturated rings. The number of hydrogen-bond acceptors (Lipinski definition) is 6. The van der Waals surface area contributed by atoms with Gasteiger partial charge in [-0.15, -0.1) is 0 Å². The summed E-state index contributed by atoms with van der Waals surface area (Å²) in [5, 5.41) is 6.38. The van der Waals surface area contributed by atoms with Crippen LogP contribution in [0.15, 0.2) is 66.7 Å². The number of esters is 2. The van der Waals surface area contributed by atoms with Gasteiger partial charge >= 0.3 is 18.9 Å². The van der Waals surface area contributed by atoms with E-state index in [0.717, 1.165) is 53.7 Å². The molecule has 6 rings (SSSR count). The van der Waals surface area contributed by atoms with Crippen LogP contribution < -0.4 is 15.5 Å². The Labute approximate surface area is 254 Å². The van der Waals surface area contributed by atoms with Crippen molar-refractivity contribution in [3.63, 3.8) is 0 Å². The number of nitrogens with one attached hydrogen (secondary N) is 1. The Morgan fingerprint density at radius 1 is 0.884 bits per heavy atom.